The van der Waals surface area contributed by atoms with E-state index in [1.54, 1.807) is 25.1 Å². The first-order valence-corrected chi connectivity index (χ1v) is 8.68. The molecule has 138 valence electrons. The lowest BCUT2D eigenvalue weighted by Gasteiger charge is -2.11. The maximum Gasteiger partial charge on any atom is 0.295 e. The second-order valence-electron chi connectivity index (χ2n) is 6.14. The number of nitrogens with one attached hydrogen (secondary N) is 2. The van der Waals surface area contributed by atoms with Gasteiger partial charge in [-0.05, 0) is 31.5 Å². The van der Waals surface area contributed by atoms with Crippen LogP contribution in [0.15, 0.2) is 54.6 Å². The van der Waals surface area contributed by atoms with E-state index in [4.69, 9.17) is 0 Å². The van der Waals surface area contributed by atoms with Crippen molar-refractivity contribution >= 4 is 28.2 Å². The Morgan fingerprint density at radius 3 is 2.63 bits per heavy atom. The number of carbonyl (C=O) groups is 1. The first-order valence-electron chi connectivity index (χ1n) is 8.68. The fourth-order valence-electron chi connectivity index (χ4n) is 2.86. The lowest BCUT2D eigenvalue weighted by molar-refractivity contribution is -0.383. The van der Waals surface area contributed by atoms with E-state index in [9.17, 15) is 14.9 Å². The summed E-state index contributed by atoms with van der Waals surface area (Å²) in [7, 11) is 0. The molecule has 7 heteroatoms. The van der Waals surface area contributed by atoms with Gasteiger partial charge in [-0.2, -0.15) is 0 Å². The standard InChI is InChI=1S/C20H20N4O3/c1-14-13-17(16-9-5-10-18(24(26)27)19(16)23-14)21-11-6-12-22-20(25)15-7-3-2-4-8-15/h2-5,7-10,13H,6,11-12H2,1H3,(H,21,23)(H,22,25). The Hall–Kier alpha value is -3.48. The highest BCUT2D eigenvalue weighted by atomic mass is 16.6. The van der Waals surface area contributed by atoms with E-state index >= 15 is 0 Å². The lowest BCUT2D eigenvalue weighted by atomic mass is 10.1. The zero-order chi connectivity index (χ0) is 19.2. The summed E-state index contributed by atoms with van der Waals surface area (Å²) in [5.41, 5.74) is 2.51. The maximum atomic E-state index is 12.0. The molecule has 0 unspecified atom stereocenters. The van der Waals surface area contributed by atoms with Gasteiger partial charge in [-0.1, -0.05) is 30.3 Å². The molecule has 0 fully saturated rings. The highest BCUT2D eigenvalue weighted by Gasteiger charge is 2.15. The molecule has 0 spiro atoms. The van der Waals surface area contributed by atoms with Crippen molar-refractivity contribution in [1.29, 1.82) is 0 Å². The van der Waals surface area contributed by atoms with Crippen molar-refractivity contribution in [3.05, 3.63) is 76.0 Å². The molecule has 3 rings (SSSR count). The van der Waals surface area contributed by atoms with Crippen molar-refractivity contribution in [3.8, 4) is 0 Å². The number of rotatable bonds is 7. The number of non-ortho nitro benzene ring substituents is 1. The van der Waals surface area contributed by atoms with Crippen LogP contribution in [0.1, 0.15) is 22.5 Å². The molecule has 7 nitrogen and oxygen atoms in total. The average molecular weight is 364 g/mol. The second kappa shape index (κ2) is 8.27. The van der Waals surface area contributed by atoms with Crippen LogP contribution in [0.3, 0.4) is 0 Å². The lowest BCUT2D eigenvalue weighted by Crippen LogP contribution is -2.25. The Kier molecular flexibility index (Phi) is 5.61. The number of nitro benzene ring substituents is 1. The predicted molar refractivity (Wildman–Crippen MR) is 105 cm³/mol. The molecular weight excluding hydrogens is 344 g/mol. The fourth-order valence-corrected chi connectivity index (χ4v) is 2.86. The first kappa shape index (κ1) is 18.3. The number of para-hydroxylation sites is 1. The van der Waals surface area contributed by atoms with Crippen LogP contribution in [0.2, 0.25) is 0 Å². The van der Waals surface area contributed by atoms with E-state index in [-0.39, 0.29) is 11.6 Å². The molecule has 0 aliphatic carbocycles. The minimum absolute atomic E-state index is 0.00521. The molecular formula is C20H20N4O3. The third-order valence-electron chi connectivity index (χ3n) is 4.13. The van der Waals surface area contributed by atoms with Gasteiger partial charge in [0.15, 0.2) is 5.52 Å². The minimum Gasteiger partial charge on any atom is -0.384 e. The second-order valence-corrected chi connectivity index (χ2v) is 6.14. The molecule has 0 atom stereocenters. The van der Waals surface area contributed by atoms with E-state index in [2.05, 4.69) is 15.6 Å². The topological polar surface area (TPSA) is 97.2 Å². The summed E-state index contributed by atoms with van der Waals surface area (Å²) in [5, 5.41) is 18.1. The zero-order valence-electron chi connectivity index (χ0n) is 14.9. The van der Waals surface area contributed by atoms with E-state index in [1.165, 1.54) is 6.07 Å². The molecule has 1 amide bonds. The molecule has 0 bridgehead atoms. The molecule has 1 aromatic heterocycles. The van der Waals surface area contributed by atoms with Gasteiger partial charge in [0, 0.05) is 41.5 Å². The molecule has 2 aromatic carbocycles. The van der Waals surface area contributed by atoms with E-state index in [0.29, 0.717) is 35.2 Å². The quantitative estimate of drug-likeness (QED) is 0.379. The Morgan fingerprint density at radius 2 is 1.89 bits per heavy atom. The average Bonchev–Trinajstić information content (AvgIpc) is 2.67. The summed E-state index contributed by atoms with van der Waals surface area (Å²) in [6, 6.07) is 15.9. The van der Waals surface area contributed by atoms with Gasteiger partial charge < -0.3 is 10.6 Å². The molecule has 0 saturated carbocycles. The molecule has 0 aliphatic rings. The Labute approximate surface area is 156 Å². The number of anilines is 1. The van der Waals surface area contributed by atoms with Crippen LogP contribution < -0.4 is 10.6 Å². The van der Waals surface area contributed by atoms with Gasteiger partial charge in [-0.3, -0.25) is 14.9 Å². The molecule has 2 N–H and O–H groups in total. The van der Waals surface area contributed by atoms with Gasteiger partial charge in [0.05, 0.1) is 4.92 Å². The Balaban J connectivity index is 1.61. The molecule has 27 heavy (non-hydrogen) atoms. The van der Waals surface area contributed by atoms with Crippen LogP contribution in [-0.2, 0) is 0 Å². The number of nitro groups is 1. The summed E-state index contributed by atoms with van der Waals surface area (Å²) in [4.78, 5) is 27.1. The van der Waals surface area contributed by atoms with Crippen LogP contribution in [0.4, 0.5) is 11.4 Å². The number of pyridine rings is 1. The summed E-state index contributed by atoms with van der Waals surface area (Å²) in [6.45, 7) is 2.96. The number of amides is 1. The van der Waals surface area contributed by atoms with Crippen molar-refractivity contribution in [1.82, 2.24) is 10.3 Å². The highest BCUT2D eigenvalue weighted by molar-refractivity contribution is 5.96. The number of benzene rings is 2. The number of carbonyl (C=O) groups excluding carboxylic acids is 1. The third kappa shape index (κ3) is 4.38. The SMILES string of the molecule is Cc1cc(NCCCNC(=O)c2ccccc2)c2cccc([N+](=O)[O-])c2n1. The number of aromatic nitrogens is 1. The van der Waals surface area contributed by atoms with Gasteiger partial charge in [-0.15, -0.1) is 0 Å². The summed E-state index contributed by atoms with van der Waals surface area (Å²) in [5.74, 6) is -0.101. The number of aryl methyl sites for hydroxylation is 1. The summed E-state index contributed by atoms with van der Waals surface area (Å²) in [6.07, 6.45) is 0.719. The Bertz CT molecular complexity index is 974. The van der Waals surface area contributed by atoms with Crippen molar-refractivity contribution < 1.29 is 9.72 Å². The van der Waals surface area contributed by atoms with Crippen molar-refractivity contribution in [2.45, 2.75) is 13.3 Å². The Morgan fingerprint density at radius 1 is 1.11 bits per heavy atom. The van der Waals surface area contributed by atoms with Crippen LogP contribution >= 0.6 is 0 Å². The highest BCUT2D eigenvalue weighted by Crippen LogP contribution is 2.29. The van der Waals surface area contributed by atoms with Gasteiger partial charge in [-0.25, -0.2) is 4.98 Å². The summed E-state index contributed by atoms with van der Waals surface area (Å²) < 4.78 is 0. The molecule has 0 radical (unpaired) electrons. The summed E-state index contributed by atoms with van der Waals surface area (Å²) >= 11 is 0. The maximum absolute atomic E-state index is 12.0. The first-order chi connectivity index (χ1) is 13.1. The molecule has 1 heterocycles. The van der Waals surface area contributed by atoms with Crippen molar-refractivity contribution in [2.24, 2.45) is 0 Å². The van der Waals surface area contributed by atoms with Gasteiger partial charge in [0.2, 0.25) is 0 Å². The van der Waals surface area contributed by atoms with E-state index in [0.717, 1.165) is 12.1 Å². The van der Waals surface area contributed by atoms with E-state index < -0.39 is 4.92 Å². The molecule has 0 aliphatic heterocycles. The van der Waals surface area contributed by atoms with Crippen LogP contribution in [0.5, 0.6) is 0 Å². The zero-order valence-corrected chi connectivity index (χ0v) is 14.9. The predicted octanol–water partition coefficient (Wildman–Crippen LogP) is 3.68. The number of nitrogens with zero attached hydrogens (tertiary/aromatic N) is 2. The minimum atomic E-state index is -0.419. The number of hydrogen-bond donors (Lipinski definition) is 2. The largest absolute Gasteiger partial charge is 0.384 e. The number of fused-ring (bicyclic) bond motifs is 1. The van der Waals surface area contributed by atoms with E-state index in [1.807, 2.05) is 30.3 Å². The van der Waals surface area contributed by atoms with Crippen molar-refractivity contribution in [2.75, 3.05) is 18.4 Å². The molecule has 0 saturated heterocycles. The number of hydrogen-bond acceptors (Lipinski definition) is 5. The van der Waals surface area contributed by atoms with Crippen LogP contribution in [0.25, 0.3) is 10.9 Å². The normalized spacial score (nSPS) is 10.6. The van der Waals surface area contributed by atoms with Gasteiger partial charge in [0.25, 0.3) is 11.6 Å². The van der Waals surface area contributed by atoms with Crippen molar-refractivity contribution in [3.63, 3.8) is 0 Å². The third-order valence-corrected chi connectivity index (χ3v) is 4.13. The van der Waals surface area contributed by atoms with Crippen LogP contribution in [-0.4, -0.2) is 28.9 Å². The monoisotopic (exact) mass is 364 g/mol. The van der Waals surface area contributed by atoms with Gasteiger partial charge >= 0.3 is 0 Å². The smallest absolute Gasteiger partial charge is 0.295 e. The molecule has 3 aromatic rings. The van der Waals surface area contributed by atoms with Gasteiger partial charge in [0.1, 0.15) is 0 Å². The van der Waals surface area contributed by atoms with Crippen LogP contribution in [0, 0.1) is 17.0 Å². The fraction of sp³-hybridized carbons (Fsp3) is 0.200.